The van der Waals surface area contributed by atoms with Crippen LogP contribution in [0.1, 0.15) is 28.5 Å². The molecule has 2 N–H and O–H groups in total. The van der Waals surface area contributed by atoms with E-state index in [-0.39, 0.29) is 5.91 Å². The molecule has 0 aliphatic carbocycles. The first-order valence-corrected chi connectivity index (χ1v) is 6.77. The molecule has 2 aromatic rings. The maximum absolute atomic E-state index is 11.4. The summed E-state index contributed by atoms with van der Waals surface area (Å²) >= 11 is 0. The van der Waals surface area contributed by atoms with Crippen molar-refractivity contribution in [2.45, 2.75) is 26.6 Å². The standard InChI is InChI=1S/C15H20N4O/c1-3-19-14(8-9-18-19)11-17-10-12-4-6-13(7-5-12)15(20)16-2/h4-9,17H,3,10-11H2,1-2H3,(H,16,20). The van der Waals surface area contributed by atoms with E-state index in [1.165, 1.54) is 5.69 Å². The van der Waals surface area contributed by atoms with Crippen molar-refractivity contribution in [1.82, 2.24) is 20.4 Å². The Hall–Kier alpha value is -2.14. The topological polar surface area (TPSA) is 59.0 Å². The zero-order chi connectivity index (χ0) is 14.4. The number of hydrogen-bond donors (Lipinski definition) is 2. The van der Waals surface area contributed by atoms with Crippen molar-refractivity contribution in [3.8, 4) is 0 Å². The lowest BCUT2D eigenvalue weighted by Crippen LogP contribution is -2.18. The molecule has 106 valence electrons. The van der Waals surface area contributed by atoms with Crippen LogP contribution >= 0.6 is 0 Å². The molecule has 0 fully saturated rings. The first kappa shape index (κ1) is 14.3. The van der Waals surface area contributed by atoms with Crippen LogP contribution in [0.4, 0.5) is 0 Å². The van der Waals surface area contributed by atoms with E-state index in [0.29, 0.717) is 5.56 Å². The molecule has 1 heterocycles. The summed E-state index contributed by atoms with van der Waals surface area (Å²) in [6.45, 7) is 4.51. The van der Waals surface area contributed by atoms with Gasteiger partial charge in [0, 0.05) is 38.4 Å². The molecule has 2 rings (SSSR count). The van der Waals surface area contributed by atoms with Crippen LogP contribution in [0.25, 0.3) is 0 Å². The summed E-state index contributed by atoms with van der Waals surface area (Å²) in [5.41, 5.74) is 3.01. The van der Waals surface area contributed by atoms with E-state index in [2.05, 4.69) is 22.7 Å². The number of hydrogen-bond acceptors (Lipinski definition) is 3. The molecule has 0 saturated heterocycles. The van der Waals surface area contributed by atoms with Gasteiger partial charge in [-0.1, -0.05) is 12.1 Å². The molecule has 0 unspecified atom stereocenters. The number of amides is 1. The summed E-state index contributed by atoms with van der Waals surface area (Å²) in [5.74, 6) is -0.0589. The molecule has 1 aromatic heterocycles. The molecule has 20 heavy (non-hydrogen) atoms. The lowest BCUT2D eigenvalue weighted by atomic mass is 10.1. The molecule has 0 spiro atoms. The Morgan fingerprint density at radius 1 is 1.20 bits per heavy atom. The minimum atomic E-state index is -0.0589. The number of carbonyl (C=O) groups is 1. The third-order valence-electron chi connectivity index (χ3n) is 3.18. The monoisotopic (exact) mass is 272 g/mol. The molecular weight excluding hydrogens is 252 g/mol. The molecule has 1 aromatic carbocycles. The average molecular weight is 272 g/mol. The first-order valence-electron chi connectivity index (χ1n) is 6.77. The van der Waals surface area contributed by atoms with Gasteiger partial charge in [0.25, 0.3) is 5.91 Å². The van der Waals surface area contributed by atoms with E-state index in [4.69, 9.17) is 0 Å². The first-order chi connectivity index (χ1) is 9.74. The summed E-state index contributed by atoms with van der Waals surface area (Å²) in [5, 5.41) is 10.2. The number of carbonyl (C=O) groups excluding carboxylic acids is 1. The van der Waals surface area contributed by atoms with Crippen LogP contribution in [0.15, 0.2) is 36.5 Å². The molecule has 0 saturated carbocycles. The zero-order valence-corrected chi connectivity index (χ0v) is 11.9. The minimum Gasteiger partial charge on any atom is -0.355 e. The van der Waals surface area contributed by atoms with Gasteiger partial charge in [0.05, 0.1) is 5.69 Å². The highest BCUT2D eigenvalue weighted by Crippen LogP contribution is 2.05. The summed E-state index contributed by atoms with van der Waals surface area (Å²) in [7, 11) is 1.63. The van der Waals surface area contributed by atoms with E-state index in [9.17, 15) is 4.79 Å². The molecule has 0 atom stereocenters. The molecule has 5 heteroatoms. The van der Waals surface area contributed by atoms with Gasteiger partial charge in [0.2, 0.25) is 0 Å². The van der Waals surface area contributed by atoms with Gasteiger partial charge in [-0.05, 0) is 30.7 Å². The molecule has 1 amide bonds. The fraction of sp³-hybridized carbons (Fsp3) is 0.333. The van der Waals surface area contributed by atoms with Gasteiger partial charge in [0.1, 0.15) is 0 Å². The zero-order valence-electron chi connectivity index (χ0n) is 11.9. The molecule has 0 bridgehead atoms. The van der Waals surface area contributed by atoms with Crippen LogP contribution in [-0.2, 0) is 19.6 Å². The van der Waals surface area contributed by atoms with Crippen molar-refractivity contribution in [2.75, 3.05) is 7.05 Å². The Morgan fingerprint density at radius 2 is 1.95 bits per heavy atom. The lowest BCUT2D eigenvalue weighted by molar-refractivity contribution is 0.0963. The van der Waals surface area contributed by atoms with Gasteiger partial charge >= 0.3 is 0 Å². The van der Waals surface area contributed by atoms with Gasteiger partial charge in [0.15, 0.2) is 0 Å². The quantitative estimate of drug-likeness (QED) is 0.839. The molecular formula is C15H20N4O. The highest BCUT2D eigenvalue weighted by molar-refractivity contribution is 5.93. The Balaban J connectivity index is 1.87. The Morgan fingerprint density at radius 3 is 2.60 bits per heavy atom. The molecule has 0 aliphatic heterocycles. The number of benzene rings is 1. The van der Waals surface area contributed by atoms with Crippen LogP contribution in [0.2, 0.25) is 0 Å². The predicted molar refractivity (Wildman–Crippen MR) is 78.3 cm³/mol. The van der Waals surface area contributed by atoms with Crippen LogP contribution in [0, 0.1) is 0 Å². The van der Waals surface area contributed by atoms with Crippen LogP contribution in [0.3, 0.4) is 0 Å². The third kappa shape index (κ3) is 3.45. The van der Waals surface area contributed by atoms with Gasteiger partial charge in [-0.2, -0.15) is 5.10 Å². The van der Waals surface area contributed by atoms with E-state index < -0.39 is 0 Å². The number of aromatic nitrogens is 2. The number of nitrogens with one attached hydrogen (secondary N) is 2. The van der Waals surface area contributed by atoms with Crippen molar-refractivity contribution < 1.29 is 4.79 Å². The van der Waals surface area contributed by atoms with Crippen molar-refractivity contribution >= 4 is 5.91 Å². The third-order valence-corrected chi connectivity index (χ3v) is 3.18. The molecule has 0 aliphatic rings. The van der Waals surface area contributed by atoms with Gasteiger partial charge in [-0.25, -0.2) is 0 Å². The highest BCUT2D eigenvalue weighted by Gasteiger charge is 2.03. The second kappa shape index (κ2) is 6.86. The Labute approximate surface area is 119 Å². The second-order valence-electron chi connectivity index (χ2n) is 4.52. The minimum absolute atomic E-state index is 0.0589. The van der Waals surface area contributed by atoms with Crippen LogP contribution < -0.4 is 10.6 Å². The van der Waals surface area contributed by atoms with Crippen molar-refractivity contribution in [3.63, 3.8) is 0 Å². The number of aryl methyl sites for hydroxylation is 1. The summed E-state index contributed by atoms with van der Waals surface area (Å²) in [6, 6.07) is 9.63. The Kier molecular flexibility index (Phi) is 4.90. The van der Waals surface area contributed by atoms with Gasteiger partial charge < -0.3 is 10.6 Å². The fourth-order valence-corrected chi connectivity index (χ4v) is 2.05. The Bertz CT molecular complexity index is 560. The molecule has 5 nitrogen and oxygen atoms in total. The predicted octanol–water partition coefficient (Wildman–Crippen LogP) is 1.55. The van der Waals surface area contributed by atoms with E-state index in [1.54, 1.807) is 7.05 Å². The number of rotatable bonds is 6. The lowest BCUT2D eigenvalue weighted by Gasteiger charge is -2.07. The molecule has 0 radical (unpaired) electrons. The summed E-state index contributed by atoms with van der Waals surface area (Å²) in [4.78, 5) is 11.4. The summed E-state index contributed by atoms with van der Waals surface area (Å²) < 4.78 is 1.97. The van der Waals surface area contributed by atoms with Crippen molar-refractivity contribution in [1.29, 1.82) is 0 Å². The van der Waals surface area contributed by atoms with Crippen molar-refractivity contribution in [2.24, 2.45) is 0 Å². The number of nitrogens with zero attached hydrogens (tertiary/aromatic N) is 2. The van der Waals surface area contributed by atoms with Crippen molar-refractivity contribution in [3.05, 3.63) is 53.3 Å². The average Bonchev–Trinajstić information content (AvgIpc) is 2.94. The second-order valence-corrected chi connectivity index (χ2v) is 4.52. The summed E-state index contributed by atoms with van der Waals surface area (Å²) in [6.07, 6.45) is 1.82. The smallest absolute Gasteiger partial charge is 0.251 e. The van der Waals surface area contributed by atoms with E-state index >= 15 is 0 Å². The van der Waals surface area contributed by atoms with Crippen LogP contribution in [0.5, 0.6) is 0 Å². The highest BCUT2D eigenvalue weighted by atomic mass is 16.1. The van der Waals surface area contributed by atoms with Crippen LogP contribution in [-0.4, -0.2) is 22.7 Å². The maximum atomic E-state index is 11.4. The van der Waals surface area contributed by atoms with Gasteiger partial charge in [-0.3, -0.25) is 9.48 Å². The fourth-order valence-electron chi connectivity index (χ4n) is 2.05. The van der Waals surface area contributed by atoms with Gasteiger partial charge in [-0.15, -0.1) is 0 Å². The van der Waals surface area contributed by atoms with E-state index in [0.717, 1.165) is 25.2 Å². The normalized spacial score (nSPS) is 10.5. The largest absolute Gasteiger partial charge is 0.355 e. The maximum Gasteiger partial charge on any atom is 0.251 e. The van der Waals surface area contributed by atoms with E-state index in [1.807, 2.05) is 41.2 Å². The SMILES string of the molecule is CCn1nccc1CNCc1ccc(C(=O)NC)cc1.